The Kier molecular flexibility index (Phi) is 3.83. The van der Waals surface area contributed by atoms with Crippen molar-refractivity contribution in [1.29, 1.82) is 0 Å². The third kappa shape index (κ3) is 2.74. The van der Waals surface area contributed by atoms with Gasteiger partial charge in [0.1, 0.15) is 5.82 Å². The lowest BCUT2D eigenvalue weighted by atomic mass is 10.0. The van der Waals surface area contributed by atoms with E-state index in [-0.39, 0.29) is 0 Å². The first-order valence-electron chi connectivity index (χ1n) is 6.90. The van der Waals surface area contributed by atoms with Gasteiger partial charge >= 0.3 is 0 Å². The first kappa shape index (κ1) is 14.3. The Hall–Kier alpha value is -1.65. The van der Waals surface area contributed by atoms with Gasteiger partial charge in [-0.3, -0.25) is 0 Å². The van der Waals surface area contributed by atoms with E-state index in [1.165, 1.54) is 5.56 Å². The average molecular weight is 345 g/mol. The zero-order chi connectivity index (χ0) is 15.0. The molecule has 21 heavy (non-hydrogen) atoms. The topological polar surface area (TPSA) is 38.1 Å². The van der Waals surface area contributed by atoms with Gasteiger partial charge in [0.25, 0.3) is 0 Å². The molecule has 3 rings (SSSR count). The number of aryl methyl sites for hydroxylation is 2. The second kappa shape index (κ2) is 5.62. The van der Waals surface area contributed by atoms with E-state index in [1.807, 2.05) is 61.0 Å². The molecule has 2 aromatic carbocycles. The zero-order valence-corrected chi connectivity index (χ0v) is 13.6. The van der Waals surface area contributed by atoms with Gasteiger partial charge in [-0.2, -0.15) is 0 Å². The lowest BCUT2D eigenvalue weighted by molar-refractivity contribution is 0.174. The quantitative estimate of drug-likeness (QED) is 0.781. The maximum atomic E-state index is 10.5. The first-order chi connectivity index (χ1) is 10.1. The molecule has 1 heterocycles. The van der Waals surface area contributed by atoms with Crippen molar-refractivity contribution >= 4 is 27.0 Å². The number of para-hydroxylation sites is 2. The summed E-state index contributed by atoms with van der Waals surface area (Å²) < 4.78 is 2.98. The number of benzene rings is 2. The summed E-state index contributed by atoms with van der Waals surface area (Å²) in [5.41, 5.74) is 4.11. The lowest BCUT2D eigenvalue weighted by Gasteiger charge is -2.13. The predicted molar refractivity (Wildman–Crippen MR) is 88.3 cm³/mol. The second-order valence-corrected chi connectivity index (χ2v) is 6.17. The van der Waals surface area contributed by atoms with Crippen LogP contribution in [0, 0.1) is 6.92 Å². The van der Waals surface area contributed by atoms with Crippen molar-refractivity contribution in [3.05, 3.63) is 63.9 Å². The third-order valence-electron chi connectivity index (χ3n) is 3.77. The van der Waals surface area contributed by atoms with Crippen molar-refractivity contribution in [3.63, 3.8) is 0 Å². The van der Waals surface area contributed by atoms with E-state index in [1.54, 1.807) is 0 Å². The van der Waals surface area contributed by atoms with Gasteiger partial charge in [0, 0.05) is 17.9 Å². The summed E-state index contributed by atoms with van der Waals surface area (Å²) in [5, 5.41) is 10.5. The summed E-state index contributed by atoms with van der Waals surface area (Å²) in [6.07, 6.45) is -0.0807. The van der Waals surface area contributed by atoms with Crippen molar-refractivity contribution in [2.45, 2.75) is 19.4 Å². The molecule has 0 radical (unpaired) electrons. The van der Waals surface area contributed by atoms with Gasteiger partial charge < -0.3 is 9.67 Å². The van der Waals surface area contributed by atoms with Crippen LogP contribution in [-0.2, 0) is 13.5 Å². The molecule has 0 aliphatic rings. The highest BCUT2D eigenvalue weighted by atomic mass is 79.9. The number of hydrogen-bond donors (Lipinski definition) is 1. The van der Waals surface area contributed by atoms with Gasteiger partial charge in [0.15, 0.2) is 0 Å². The monoisotopic (exact) mass is 344 g/mol. The van der Waals surface area contributed by atoms with Crippen LogP contribution >= 0.6 is 15.9 Å². The third-order valence-corrected chi connectivity index (χ3v) is 4.46. The number of aliphatic hydroxyl groups excluding tert-OH is 1. The molecule has 3 aromatic rings. The molecular weight excluding hydrogens is 328 g/mol. The summed E-state index contributed by atoms with van der Waals surface area (Å²) >= 11 is 3.53. The highest BCUT2D eigenvalue weighted by Gasteiger charge is 2.16. The number of aromatic nitrogens is 2. The highest BCUT2D eigenvalue weighted by Crippen LogP contribution is 2.27. The number of hydrogen-bond acceptors (Lipinski definition) is 2. The van der Waals surface area contributed by atoms with Crippen LogP contribution in [0.3, 0.4) is 0 Å². The molecule has 108 valence electrons. The van der Waals surface area contributed by atoms with Crippen LogP contribution in [0.4, 0.5) is 0 Å². The molecule has 1 aromatic heterocycles. The van der Waals surface area contributed by atoms with Crippen molar-refractivity contribution in [1.82, 2.24) is 9.55 Å². The van der Waals surface area contributed by atoms with E-state index >= 15 is 0 Å². The fourth-order valence-electron chi connectivity index (χ4n) is 2.56. The van der Waals surface area contributed by atoms with Crippen molar-refractivity contribution in [2.75, 3.05) is 0 Å². The maximum Gasteiger partial charge on any atom is 0.112 e. The normalized spacial score (nSPS) is 12.8. The smallest absolute Gasteiger partial charge is 0.112 e. The number of rotatable bonds is 3. The SMILES string of the molecule is Cc1ccc(C(O)Cc2nc3ccccc3n2C)c(Br)c1. The molecule has 1 atom stereocenters. The fourth-order valence-corrected chi connectivity index (χ4v) is 3.32. The molecule has 0 saturated heterocycles. The van der Waals surface area contributed by atoms with Crippen LogP contribution in [0.1, 0.15) is 23.1 Å². The molecule has 0 saturated carbocycles. The molecule has 3 nitrogen and oxygen atoms in total. The van der Waals surface area contributed by atoms with Crippen LogP contribution in [-0.4, -0.2) is 14.7 Å². The molecule has 1 unspecified atom stereocenters. The number of fused-ring (bicyclic) bond motifs is 1. The summed E-state index contributed by atoms with van der Waals surface area (Å²) in [6.45, 7) is 2.03. The minimum Gasteiger partial charge on any atom is -0.388 e. The lowest BCUT2D eigenvalue weighted by Crippen LogP contribution is -2.07. The van der Waals surface area contributed by atoms with Crippen LogP contribution in [0.15, 0.2) is 46.9 Å². The summed E-state index contributed by atoms with van der Waals surface area (Å²) in [6, 6.07) is 14.0. The molecule has 4 heteroatoms. The maximum absolute atomic E-state index is 10.5. The van der Waals surface area contributed by atoms with E-state index in [9.17, 15) is 5.11 Å². The van der Waals surface area contributed by atoms with Gasteiger partial charge in [0.05, 0.1) is 17.1 Å². The summed E-state index contributed by atoms with van der Waals surface area (Å²) in [5.74, 6) is 0.885. The fraction of sp³-hybridized carbons (Fsp3) is 0.235. The minimum absolute atomic E-state index is 0.493. The van der Waals surface area contributed by atoms with E-state index in [0.29, 0.717) is 6.42 Å². The predicted octanol–water partition coefficient (Wildman–Crippen LogP) is 3.92. The molecule has 0 fully saturated rings. The van der Waals surface area contributed by atoms with Gasteiger partial charge in [0.2, 0.25) is 0 Å². The zero-order valence-electron chi connectivity index (χ0n) is 12.0. The number of imidazole rings is 1. The Morgan fingerprint density at radius 3 is 2.71 bits per heavy atom. The van der Waals surface area contributed by atoms with Gasteiger partial charge in [-0.25, -0.2) is 4.98 Å². The van der Waals surface area contributed by atoms with E-state index < -0.39 is 6.10 Å². The van der Waals surface area contributed by atoms with E-state index in [0.717, 1.165) is 26.9 Å². The molecule has 0 spiro atoms. The van der Waals surface area contributed by atoms with Crippen LogP contribution < -0.4 is 0 Å². The van der Waals surface area contributed by atoms with Crippen molar-refractivity contribution in [2.24, 2.45) is 7.05 Å². The van der Waals surface area contributed by atoms with Gasteiger partial charge in [-0.05, 0) is 36.2 Å². The Morgan fingerprint density at radius 2 is 2.00 bits per heavy atom. The second-order valence-electron chi connectivity index (χ2n) is 5.32. The van der Waals surface area contributed by atoms with E-state index in [4.69, 9.17) is 0 Å². The van der Waals surface area contributed by atoms with Crippen LogP contribution in [0.5, 0.6) is 0 Å². The minimum atomic E-state index is -0.574. The Labute approximate surface area is 132 Å². The molecular formula is C17H17BrN2O. The summed E-state index contributed by atoms with van der Waals surface area (Å²) in [7, 11) is 1.99. The molecule has 1 N–H and O–H groups in total. The van der Waals surface area contributed by atoms with Crippen LogP contribution in [0.2, 0.25) is 0 Å². The Morgan fingerprint density at radius 1 is 1.24 bits per heavy atom. The standard InChI is InChI=1S/C17H17BrN2O/c1-11-7-8-12(13(18)9-11)16(21)10-17-19-14-5-3-4-6-15(14)20(17)2/h3-9,16,21H,10H2,1-2H3. The molecule has 0 aliphatic heterocycles. The van der Waals surface area contributed by atoms with Crippen LogP contribution in [0.25, 0.3) is 11.0 Å². The number of aliphatic hydroxyl groups is 1. The Bertz CT molecular complexity index is 795. The Balaban J connectivity index is 1.92. The number of nitrogens with zero attached hydrogens (tertiary/aromatic N) is 2. The van der Waals surface area contributed by atoms with Gasteiger partial charge in [-0.15, -0.1) is 0 Å². The average Bonchev–Trinajstić information content (AvgIpc) is 2.76. The molecule has 0 amide bonds. The molecule has 0 bridgehead atoms. The molecule has 0 aliphatic carbocycles. The first-order valence-corrected chi connectivity index (χ1v) is 7.70. The van der Waals surface area contributed by atoms with E-state index in [2.05, 4.69) is 20.9 Å². The van der Waals surface area contributed by atoms with Gasteiger partial charge in [-0.1, -0.05) is 40.2 Å². The summed E-state index contributed by atoms with van der Waals surface area (Å²) in [4.78, 5) is 4.61. The van der Waals surface area contributed by atoms with Crippen molar-refractivity contribution < 1.29 is 5.11 Å². The number of halogens is 1. The van der Waals surface area contributed by atoms with Crippen molar-refractivity contribution in [3.8, 4) is 0 Å². The highest BCUT2D eigenvalue weighted by molar-refractivity contribution is 9.10. The largest absolute Gasteiger partial charge is 0.388 e.